The minimum absolute atomic E-state index is 0.103. The van der Waals surface area contributed by atoms with E-state index < -0.39 is 5.41 Å². The molecule has 5 rings (SSSR count). The number of carbonyl (C=O) groups is 1. The predicted octanol–water partition coefficient (Wildman–Crippen LogP) is 2.72. The molecule has 0 radical (unpaired) electrons. The van der Waals surface area contributed by atoms with Gasteiger partial charge in [-0.2, -0.15) is 10.2 Å². The van der Waals surface area contributed by atoms with Crippen molar-refractivity contribution in [1.29, 1.82) is 0 Å². The van der Waals surface area contributed by atoms with E-state index >= 15 is 0 Å². The molecule has 2 N–H and O–H groups in total. The molecule has 0 bridgehead atoms. The quantitative estimate of drug-likeness (QED) is 0.677. The van der Waals surface area contributed by atoms with E-state index in [4.69, 9.17) is 0 Å². The smallest absolute Gasteiger partial charge is 0.262 e. The van der Waals surface area contributed by atoms with E-state index in [1.807, 2.05) is 30.3 Å². The lowest BCUT2D eigenvalue weighted by molar-refractivity contribution is -0.125. The normalized spacial score (nSPS) is 26.0. The molecule has 5 heteroatoms. The van der Waals surface area contributed by atoms with Gasteiger partial charge in [-0.1, -0.05) is 30.3 Å². The van der Waals surface area contributed by atoms with Crippen molar-refractivity contribution in [3.63, 3.8) is 0 Å². The number of rotatable bonds is 1. The summed E-state index contributed by atoms with van der Waals surface area (Å²) in [6, 6.07) is 13.6. The Morgan fingerprint density at radius 1 is 1.27 bits per heavy atom. The van der Waals surface area contributed by atoms with Gasteiger partial charge in [0.1, 0.15) is 0 Å². The van der Waals surface area contributed by atoms with E-state index in [1.165, 1.54) is 0 Å². The predicted molar refractivity (Wildman–Crippen MR) is 80.8 cm³/mol. The van der Waals surface area contributed by atoms with Crippen molar-refractivity contribution < 1.29 is 10.0 Å². The standard InChI is InChI=1S/C17H13N3O2/c21-16-17(12-3-1-2-4-15(12)20(16)22)8-13(17)10-5-6-11-9-18-19-14(11)7-10/h1-7,9,13,22H,8H2,(H,18,19). The molecule has 2 unspecified atom stereocenters. The zero-order chi connectivity index (χ0) is 14.9. The highest BCUT2D eigenvalue weighted by atomic mass is 16.5. The molecule has 1 aromatic heterocycles. The number of fused-ring (bicyclic) bond motifs is 3. The van der Waals surface area contributed by atoms with Crippen LogP contribution in [-0.4, -0.2) is 21.3 Å². The first-order valence-electron chi connectivity index (χ1n) is 7.28. The first kappa shape index (κ1) is 11.9. The zero-order valence-electron chi connectivity index (χ0n) is 11.7. The number of para-hydroxylation sites is 1. The maximum Gasteiger partial charge on any atom is 0.262 e. The van der Waals surface area contributed by atoms with Crippen molar-refractivity contribution >= 4 is 22.5 Å². The highest BCUT2D eigenvalue weighted by molar-refractivity contribution is 6.10. The number of aromatic amines is 1. The van der Waals surface area contributed by atoms with Gasteiger partial charge >= 0.3 is 0 Å². The van der Waals surface area contributed by atoms with Crippen molar-refractivity contribution in [3.05, 3.63) is 59.8 Å². The lowest BCUT2D eigenvalue weighted by Gasteiger charge is -2.10. The molecule has 1 fully saturated rings. The van der Waals surface area contributed by atoms with Gasteiger partial charge in [-0.05, 0) is 29.7 Å². The van der Waals surface area contributed by atoms with Gasteiger partial charge in [0.15, 0.2) is 0 Å². The summed E-state index contributed by atoms with van der Waals surface area (Å²) in [5.74, 6) is -0.116. The van der Waals surface area contributed by atoms with Crippen molar-refractivity contribution in [2.45, 2.75) is 17.8 Å². The summed E-state index contributed by atoms with van der Waals surface area (Å²) >= 11 is 0. The fraction of sp³-hybridized carbons (Fsp3) is 0.176. The van der Waals surface area contributed by atoms with E-state index in [0.717, 1.165) is 33.5 Å². The van der Waals surface area contributed by atoms with Crippen LogP contribution in [-0.2, 0) is 10.2 Å². The van der Waals surface area contributed by atoms with Gasteiger partial charge in [0.25, 0.3) is 5.91 Å². The van der Waals surface area contributed by atoms with Gasteiger partial charge in [0.2, 0.25) is 0 Å². The fourth-order valence-corrected chi connectivity index (χ4v) is 3.82. The van der Waals surface area contributed by atoms with Crippen LogP contribution in [0.25, 0.3) is 10.9 Å². The first-order valence-corrected chi connectivity index (χ1v) is 7.28. The van der Waals surface area contributed by atoms with Crippen molar-refractivity contribution in [3.8, 4) is 0 Å². The number of hydrogen-bond acceptors (Lipinski definition) is 3. The average molecular weight is 291 g/mol. The number of carbonyl (C=O) groups excluding carboxylic acids is 1. The third kappa shape index (κ3) is 1.27. The lowest BCUT2D eigenvalue weighted by atomic mass is 9.92. The van der Waals surface area contributed by atoms with Gasteiger partial charge < -0.3 is 0 Å². The molecular weight excluding hydrogens is 278 g/mol. The number of nitrogens with zero attached hydrogens (tertiary/aromatic N) is 2. The number of benzene rings is 2. The monoisotopic (exact) mass is 291 g/mol. The molecule has 1 aliphatic carbocycles. The zero-order valence-corrected chi connectivity index (χ0v) is 11.7. The lowest BCUT2D eigenvalue weighted by Crippen LogP contribution is -2.29. The molecule has 1 saturated carbocycles. The van der Waals surface area contributed by atoms with E-state index in [-0.39, 0.29) is 11.8 Å². The second-order valence-electron chi connectivity index (χ2n) is 6.08. The second kappa shape index (κ2) is 3.75. The molecule has 2 heterocycles. The molecule has 2 atom stereocenters. The van der Waals surface area contributed by atoms with Crippen LogP contribution in [0.5, 0.6) is 0 Å². The maximum absolute atomic E-state index is 12.6. The number of anilines is 1. The van der Waals surface area contributed by atoms with E-state index in [2.05, 4.69) is 16.3 Å². The minimum Gasteiger partial charge on any atom is -0.281 e. The Labute approximate surface area is 126 Å². The summed E-state index contributed by atoms with van der Waals surface area (Å²) in [6.45, 7) is 0. The Hall–Kier alpha value is -2.66. The van der Waals surface area contributed by atoms with Gasteiger partial charge in [-0.15, -0.1) is 0 Å². The van der Waals surface area contributed by atoms with Crippen LogP contribution in [0.15, 0.2) is 48.7 Å². The summed E-state index contributed by atoms with van der Waals surface area (Å²) in [6.07, 6.45) is 2.52. The maximum atomic E-state index is 12.6. The number of H-pyrrole nitrogens is 1. The molecule has 3 aromatic rings. The molecule has 108 valence electrons. The molecule has 2 aliphatic rings. The molecular formula is C17H13N3O2. The summed E-state index contributed by atoms with van der Waals surface area (Å²) < 4.78 is 0. The molecule has 2 aromatic carbocycles. The van der Waals surface area contributed by atoms with E-state index in [0.29, 0.717) is 5.69 Å². The highest BCUT2D eigenvalue weighted by Crippen LogP contribution is 2.66. The summed E-state index contributed by atoms with van der Waals surface area (Å²) in [5, 5.41) is 19.0. The van der Waals surface area contributed by atoms with Crippen LogP contribution >= 0.6 is 0 Å². The van der Waals surface area contributed by atoms with Crippen LogP contribution in [0.1, 0.15) is 23.5 Å². The van der Waals surface area contributed by atoms with E-state index in [1.54, 1.807) is 12.3 Å². The van der Waals surface area contributed by atoms with Crippen LogP contribution < -0.4 is 5.06 Å². The average Bonchev–Trinajstić information content (AvgIpc) is 3.07. The van der Waals surface area contributed by atoms with Crippen molar-refractivity contribution in [1.82, 2.24) is 10.2 Å². The second-order valence-corrected chi connectivity index (χ2v) is 6.08. The van der Waals surface area contributed by atoms with Crippen molar-refractivity contribution in [2.24, 2.45) is 0 Å². The summed E-state index contributed by atoms with van der Waals surface area (Å²) in [7, 11) is 0. The molecule has 1 aliphatic heterocycles. The molecule has 1 spiro atoms. The summed E-state index contributed by atoms with van der Waals surface area (Å²) in [4.78, 5) is 12.6. The number of amides is 1. The summed E-state index contributed by atoms with van der Waals surface area (Å²) in [5.41, 5.74) is 3.02. The Morgan fingerprint density at radius 3 is 3.05 bits per heavy atom. The van der Waals surface area contributed by atoms with Gasteiger partial charge in [0.05, 0.1) is 22.8 Å². The number of aromatic nitrogens is 2. The van der Waals surface area contributed by atoms with Crippen LogP contribution in [0, 0.1) is 0 Å². The minimum atomic E-state index is -0.598. The molecule has 0 saturated heterocycles. The van der Waals surface area contributed by atoms with Crippen molar-refractivity contribution in [2.75, 3.05) is 5.06 Å². The Kier molecular flexibility index (Phi) is 2.04. The molecule has 5 nitrogen and oxygen atoms in total. The van der Waals surface area contributed by atoms with Crippen LogP contribution in [0.4, 0.5) is 5.69 Å². The SMILES string of the molecule is O=C1N(O)c2ccccc2C12CC2c1ccc2cn[nH]c2c1. The molecule has 1 amide bonds. The first-order chi connectivity index (χ1) is 10.7. The highest BCUT2D eigenvalue weighted by Gasteiger charge is 2.67. The fourth-order valence-electron chi connectivity index (χ4n) is 3.82. The Bertz CT molecular complexity index is 932. The van der Waals surface area contributed by atoms with Gasteiger partial charge in [-0.25, -0.2) is 0 Å². The number of hydrogen-bond donors (Lipinski definition) is 2. The number of hydroxylamine groups is 1. The molecule has 22 heavy (non-hydrogen) atoms. The topological polar surface area (TPSA) is 69.2 Å². The van der Waals surface area contributed by atoms with Crippen LogP contribution in [0.2, 0.25) is 0 Å². The van der Waals surface area contributed by atoms with Gasteiger partial charge in [0, 0.05) is 11.3 Å². The largest absolute Gasteiger partial charge is 0.281 e. The van der Waals surface area contributed by atoms with E-state index in [9.17, 15) is 10.0 Å². The third-order valence-electron chi connectivity index (χ3n) is 5.02. The Morgan fingerprint density at radius 2 is 2.14 bits per heavy atom. The van der Waals surface area contributed by atoms with Gasteiger partial charge in [-0.3, -0.25) is 15.1 Å². The Balaban J connectivity index is 1.64. The van der Waals surface area contributed by atoms with Crippen LogP contribution in [0.3, 0.4) is 0 Å². The number of nitrogens with one attached hydrogen (secondary N) is 1. The third-order valence-corrected chi connectivity index (χ3v) is 5.02.